The monoisotopic (exact) mass is 1560 g/mol. The van der Waals surface area contributed by atoms with Crippen LogP contribution in [0.15, 0.2) is 242 Å². The fourth-order valence-corrected chi connectivity index (χ4v) is 16.3. The van der Waals surface area contributed by atoms with E-state index < -0.39 is 0 Å². The van der Waals surface area contributed by atoms with Gasteiger partial charge in [0.25, 0.3) is 0 Å². The van der Waals surface area contributed by atoms with Crippen LogP contribution in [0.4, 0.5) is 5.69 Å². The molecule has 15 aromatic rings. The van der Waals surface area contributed by atoms with Gasteiger partial charge in [-0.05, 0) is 147 Å². The highest BCUT2D eigenvalue weighted by Gasteiger charge is 2.37. The van der Waals surface area contributed by atoms with Gasteiger partial charge in [-0.3, -0.25) is 0 Å². The summed E-state index contributed by atoms with van der Waals surface area (Å²) in [5.74, 6) is 12.7. The Balaban J connectivity index is 0.000000144. The molecule has 0 bridgehead atoms. The summed E-state index contributed by atoms with van der Waals surface area (Å²) in [5, 5.41) is 43.0. The molecule has 0 saturated carbocycles. The maximum absolute atomic E-state index is 8.49. The fourth-order valence-electron chi connectivity index (χ4n) is 16.3. The lowest BCUT2D eigenvalue weighted by molar-refractivity contribution is 0.581. The third kappa shape index (κ3) is 15.5. The molecule has 0 fully saturated rings. The molecule has 4 heterocycles. The van der Waals surface area contributed by atoms with E-state index >= 15 is 0 Å². The van der Waals surface area contributed by atoms with Crippen molar-refractivity contribution in [2.75, 3.05) is 0 Å². The smallest absolute Gasteiger partial charge is 0.122 e. The SMILES string of the molecule is C.C1#Cc2ccccc2C#Cc2ccccc21.Cc1cccc(C(C)(C)C)c1-n1nnc2c1-c1ccccc1-c1c(nnn1-c1c(C)cccc1C(C)(C)C)-c1ccccc1-2.Cc1cccc(C(C)(C)C)c1-n1nnc2c1-c1ccccc1-c1nnn(-c3c(C)cccc3C(C)(C)C)c1-c1ccccc1-2.Cc1cccc(C(C)(C)C)c1N=[N+]=[N-]. The third-order valence-corrected chi connectivity index (χ3v) is 22.2. The predicted octanol–water partition coefficient (Wildman–Crippen LogP) is 25.8. The van der Waals surface area contributed by atoms with Crippen LogP contribution in [0.1, 0.15) is 189 Å². The summed E-state index contributed by atoms with van der Waals surface area (Å²) in [6, 6.07) is 81.8. The number of aromatic nitrogens is 12. The van der Waals surface area contributed by atoms with Crippen LogP contribution in [0.2, 0.25) is 0 Å². The zero-order chi connectivity index (χ0) is 83.5. The first kappa shape index (κ1) is 82.0. The van der Waals surface area contributed by atoms with Crippen molar-refractivity contribution in [1.29, 1.82) is 0 Å². The second-order valence-electron chi connectivity index (χ2n) is 35.9. The number of nitrogens with zero attached hydrogens (tertiary/aromatic N) is 15. The van der Waals surface area contributed by atoms with Crippen molar-refractivity contribution in [3.8, 4) is 136 Å². The Morgan fingerprint density at radius 2 is 0.462 bits per heavy atom. The van der Waals surface area contributed by atoms with Crippen molar-refractivity contribution < 1.29 is 0 Å². The lowest BCUT2D eigenvalue weighted by Gasteiger charge is -2.26. The van der Waals surface area contributed by atoms with Crippen molar-refractivity contribution in [3.63, 3.8) is 0 Å². The Kier molecular flexibility index (Phi) is 22.1. The minimum Gasteiger partial charge on any atom is -0.212 e. The Labute approximate surface area is 700 Å². The molecular formula is C104H103N15. The van der Waals surface area contributed by atoms with Gasteiger partial charge in [0.2, 0.25) is 0 Å². The molecule has 594 valence electrons. The molecule has 4 aromatic heterocycles. The first-order valence-electron chi connectivity index (χ1n) is 40.3. The molecule has 0 spiro atoms. The molecule has 3 aliphatic rings. The van der Waals surface area contributed by atoms with E-state index in [2.05, 4.69) is 354 Å². The largest absolute Gasteiger partial charge is 0.212 e. The zero-order valence-corrected chi connectivity index (χ0v) is 71.2. The highest BCUT2D eigenvalue weighted by atomic mass is 15.5. The van der Waals surface area contributed by atoms with Crippen LogP contribution >= 0.6 is 0 Å². The Bertz CT molecular complexity index is 6210. The zero-order valence-electron chi connectivity index (χ0n) is 71.2. The number of hydrogen-bond acceptors (Lipinski definition) is 9. The maximum Gasteiger partial charge on any atom is 0.122 e. The summed E-state index contributed by atoms with van der Waals surface area (Å²) in [6.07, 6.45) is 0. The van der Waals surface area contributed by atoms with Crippen molar-refractivity contribution in [1.82, 2.24) is 60.0 Å². The van der Waals surface area contributed by atoms with Crippen LogP contribution in [-0.2, 0) is 27.1 Å². The van der Waals surface area contributed by atoms with E-state index in [0.29, 0.717) is 0 Å². The van der Waals surface area contributed by atoms with Gasteiger partial charge in [0.15, 0.2) is 0 Å². The maximum atomic E-state index is 8.49. The van der Waals surface area contributed by atoms with Gasteiger partial charge < -0.3 is 0 Å². The van der Waals surface area contributed by atoms with E-state index in [0.717, 1.165) is 174 Å². The van der Waals surface area contributed by atoms with E-state index in [9.17, 15) is 0 Å². The summed E-state index contributed by atoms with van der Waals surface area (Å²) in [6.45, 7) is 43.9. The van der Waals surface area contributed by atoms with Crippen LogP contribution in [0.25, 0.3) is 123 Å². The molecule has 11 aromatic carbocycles. The summed E-state index contributed by atoms with van der Waals surface area (Å²) in [4.78, 5) is 2.87. The molecule has 0 unspecified atom stereocenters. The van der Waals surface area contributed by atoms with E-state index in [-0.39, 0.29) is 34.5 Å². The number of benzene rings is 11. The molecule has 0 aliphatic heterocycles. The van der Waals surface area contributed by atoms with Gasteiger partial charge in [0.1, 0.15) is 45.6 Å². The van der Waals surface area contributed by atoms with Gasteiger partial charge in [-0.2, -0.15) is 0 Å². The summed E-state index contributed by atoms with van der Waals surface area (Å²) in [7, 11) is 0. The normalized spacial score (nSPS) is 12.0. The van der Waals surface area contributed by atoms with Crippen LogP contribution in [0.5, 0.6) is 0 Å². The average molecular weight is 1560 g/mol. The second kappa shape index (κ2) is 32.1. The Morgan fingerprint density at radius 1 is 0.261 bits per heavy atom. The lowest BCUT2D eigenvalue weighted by atomic mass is 9.84. The number of aryl methyl sites for hydroxylation is 5. The van der Waals surface area contributed by atoms with E-state index in [1.165, 1.54) is 22.3 Å². The minimum absolute atomic E-state index is 0. The number of fused-ring (bicyclic) bond motifs is 18. The van der Waals surface area contributed by atoms with E-state index in [1.807, 2.05) is 73.7 Å². The number of hydrogen-bond donors (Lipinski definition) is 0. The van der Waals surface area contributed by atoms with Crippen molar-refractivity contribution in [3.05, 3.63) is 325 Å². The van der Waals surface area contributed by atoms with E-state index in [1.54, 1.807) is 0 Å². The Hall–Kier alpha value is -13.6. The molecule has 119 heavy (non-hydrogen) atoms. The quantitative estimate of drug-likeness (QED) is 0.0709. The second-order valence-corrected chi connectivity index (χ2v) is 35.9. The minimum atomic E-state index is -0.0941. The number of azide groups is 1. The third-order valence-electron chi connectivity index (χ3n) is 22.2. The number of para-hydroxylation sites is 4. The Morgan fingerprint density at radius 3 is 0.697 bits per heavy atom. The van der Waals surface area contributed by atoms with Gasteiger partial charge in [-0.1, -0.05) is 373 Å². The highest BCUT2D eigenvalue weighted by molar-refractivity contribution is 6.02. The standard InChI is InChI=1S/2C38H38N6.C16H8.C11H15N3.CH4/c1-23-15-13-21-29(37(3,4)5)33(23)43-35-27-19-11-9-17-25(27)32-36(28-20-12-10-18-26(28)31(35)39-41-43)44(42-40-32)34-24(2)16-14-22-30(34)38(6,7)8;1-23-15-13-21-29(37(3,4)5)33(23)43-35-27-19-11-12-20-28(27)36-32(26-18-10-9-17-25(26)31(35)39-41-43)40-42-44(36)34-24(2)16-14-22-30(34)38(6,7)8;1-2-6-14-11-12-16-8-4-3-7-15(16)10-9-13(14)5-1;1-8-6-5-7-9(11(2,3)4)10(8)13-14-12;/h2*9-22H,1-8H3;1-8H;5-7H,1-4H3;1H4. The summed E-state index contributed by atoms with van der Waals surface area (Å²) >= 11 is 0. The molecule has 0 atom stereocenters. The molecule has 18 rings (SSSR count). The van der Waals surface area contributed by atoms with Crippen LogP contribution in [0.3, 0.4) is 0 Å². The molecule has 15 nitrogen and oxygen atoms in total. The molecular weight excluding hydrogens is 1460 g/mol. The van der Waals surface area contributed by atoms with Crippen molar-refractivity contribution in [2.45, 2.75) is 173 Å². The van der Waals surface area contributed by atoms with Gasteiger partial charge in [0.05, 0.1) is 22.7 Å². The molecule has 0 N–H and O–H groups in total. The summed E-state index contributed by atoms with van der Waals surface area (Å²) < 4.78 is 8.23. The van der Waals surface area contributed by atoms with Gasteiger partial charge in [-0.25, -0.2) is 18.7 Å². The van der Waals surface area contributed by atoms with Gasteiger partial charge in [0, 0.05) is 77.4 Å². The van der Waals surface area contributed by atoms with Gasteiger partial charge >= 0.3 is 0 Å². The highest BCUT2D eigenvalue weighted by Crippen LogP contribution is 2.52. The van der Waals surface area contributed by atoms with Crippen LogP contribution in [0, 0.1) is 58.3 Å². The van der Waals surface area contributed by atoms with Crippen molar-refractivity contribution >= 4 is 5.69 Å². The van der Waals surface area contributed by atoms with Crippen LogP contribution < -0.4 is 0 Å². The molecule has 3 aliphatic carbocycles. The first-order chi connectivity index (χ1) is 56.3. The molecule has 0 saturated heterocycles. The first-order valence-corrected chi connectivity index (χ1v) is 40.3. The predicted molar refractivity (Wildman–Crippen MR) is 487 cm³/mol. The van der Waals surface area contributed by atoms with E-state index in [4.69, 9.17) is 46.8 Å². The number of rotatable bonds is 5. The van der Waals surface area contributed by atoms with Crippen LogP contribution in [-0.4, -0.2) is 60.0 Å². The van der Waals surface area contributed by atoms with Crippen molar-refractivity contribution in [2.24, 2.45) is 5.11 Å². The fraction of sp³-hybridized carbons (Fsp3) is 0.250. The topological polar surface area (TPSA) is 172 Å². The lowest BCUT2D eigenvalue weighted by Crippen LogP contribution is -2.18. The molecule has 15 heteroatoms. The molecule has 0 radical (unpaired) electrons. The molecule has 0 amide bonds. The van der Waals surface area contributed by atoms with Gasteiger partial charge in [-0.15, -0.1) is 20.4 Å². The summed E-state index contributed by atoms with van der Waals surface area (Å²) in [5.41, 5.74) is 44.1. The average Bonchev–Trinajstić information content (AvgIpc) is 1.61.